The number of nitrogens with one attached hydrogen (secondary N) is 1. The minimum atomic E-state index is 0.521. The van der Waals surface area contributed by atoms with Gasteiger partial charge in [0.25, 0.3) is 0 Å². The first-order chi connectivity index (χ1) is 5.52. The van der Waals surface area contributed by atoms with Gasteiger partial charge in [0.15, 0.2) is 0 Å². The summed E-state index contributed by atoms with van der Waals surface area (Å²) in [7, 11) is 0. The fourth-order valence-corrected chi connectivity index (χ4v) is 1.41. The maximum Gasteiger partial charge on any atom is 0.103 e. The molecular weight excluding hydrogens is 148 g/mol. The molecule has 68 valence electrons. The SMILES string of the molecule is Cc1nc(C(C)C)c(C(C)C)[nH]1. The first-order valence-electron chi connectivity index (χ1n) is 4.58. The van der Waals surface area contributed by atoms with Gasteiger partial charge >= 0.3 is 0 Å². The van der Waals surface area contributed by atoms with Crippen molar-refractivity contribution in [1.29, 1.82) is 0 Å². The van der Waals surface area contributed by atoms with Crippen LogP contribution in [0.1, 0.15) is 56.7 Å². The Morgan fingerprint density at radius 1 is 1.08 bits per heavy atom. The van der Waals surface area contributed by atoms with Crippen LogP contribution in [0.15, 0.2) is 0 Å². The first-order valence-corrected chi connectivity index (χ1v) is 4.58. The zero-order chi connectivity index (χ0) is 9.30. The molecule has 0 bridgehead atoms. The maximum atomic E-state index is 4.48. The molecule has 0 aliphatic heterocycles. The summed E-state index contributed by atoms with van der Waals surface area (Å²) in [4.78, 5) is 7.79. The number of aromatic amines is 1. The lowest BCUT2D eigenvalue weighted by Crippen LogP contribution is -1.96. The molecule has 0 saturated carbocycles. The van der Waals surface area contributed by atoms with Crippen LogP contribution in [0.3, 0.4) is 0 Å². The Hall–Kier alpha value is -0.790. The Morgan fingerprint density at radius 2 is 1.67 bits per heavy atom. The van der Waals surface area contributed by atoms with Crippen LogP contribution in [0.5, 0.6) is 0 Å². The normalized spacial score (nSPS) is 11.6. The van der Waals surface area contributed by atoms with Crippen LogP contribution in [0.4, 0.5) is 0 Å². The van der Waals surface area contributed by atoms with E-state index in [0.717, 1.165) is 5.82 Å². The molecule has 0 unspecified atom stereocenters. The second-order valence-electron chi connectivity index (χ2n) is 3.93. The molecule has 0 aliphatic rings. The number of hydrogen-bond acceptors (Lipinski definition) is 1. The Morgan fingerprint density at radius 3 is 2.00 bits per heavy atom. The number of rotatable bonds is 2. The minimum Gasteiger partial charge on any atom is -0.346 e. The van der Waals surface area contributed by atoms with E-state index in [0.29, 0.717) is 11.8 Å². The summed E-state index contributed by atoms with van der Waals surface area (Å²) >= 11 is 0. The van der Waals surface area contributed by atoms with Crippen LogP contribution < -0.4 is 0 Å². The predicted octanol–water partition coefficient (Wildman–Crippen LogP) is 2.96. The quantitative estimate of drug-likeness (QED) is 0.719. The van der Waals surface area contributed by atoms with Crippen molar-refractivity contribution < 1.29 is 0 Å². The van der Waals surface area contributed by atoms with E-state index in [9.17, 15) is 0 Å². The molecule has 2 heteroatoms. The van der Waals surface area contributed by atoms with Gasteiger partial charge in [0, 0.05) is 5.69 Å². The van der Waals surface area contributed by atoms with Gasteiger partial charge in [-0.15, -0.1) is 0 Å². The van der Waals surface area contributed by atoms with Crippen LogP contribution in [0.25, 0.3) is 0 Å². The summed E-state index contributed by atoms with van der Waals surface area (Å²) in [5.41, 5.74) is 2.52. The summed E-state index contributed by atoms with van der Waals surface area (Å²) in [6, 6.07) is 0. The fourth-order valence-electron chi connectivity index (χ4n) is 1.41. The zero-order valence-corrected chi connectivity index (χ0v) is 8.60. The van der Waals surface area contributed by atoms with Gasteiger partial charge in [-0.1, -0.05) is 27.7 Å². The third-order valence-corrected chi connectivity index (χ3v) is 2.00. The van der Waals surface area contributed by atoms with Crippen LogP contribution >= 0.6 is 0 Å². The second kappa shape index (κ2) is 3.30. The summed E-state index contributed by atoms with van der Waals surface area (Å²) in [5.74, 6) is 2.10. The fraction of sp³-hybridized carbons (Fsp3) is 0.700. The van der Waals surface area contributed by atoms with E-state index < -0.39 is 0 Å². The summed E-state index contributed by atoms with van der Waals surface area (Å²) in [6.45, 7) is 10.8. The number of aryl methyl sites for hydroxylation is 1. The molecular formula is C10H18N2. The smallest absolute Gasteiger partial charge is 0.103 e. The molecule has 1 aromatic rings. The van der Waals surface area contributed by atoms with E-state index in [-0.39, 0.29) is 0 Å². The van der Waals surface area contributed by atoms with Crippen molar-refractivity contribution in [3.63, 3.8) is 0 Å². The molecule has 0 aliphatic carbocycles. The van der Waals surface area contributed by atoms with Crippen molar-refractivity contribution >= 4 is 0 Å². The second-order valence-corrected chi connectivity index (χ2v) is 3.93. The Balaban J connectivity index is 3.08. The number of imidazole rings is 1. The highest BCUT2D eigenvalue weighted by Gasteiger charge is 2.13. The number of hydrogen-bond donors (Lipinski definition) is 1. The van der Waals surface area contributed by atoms with Gasteiger partial charge in [0.2, 0.25) is 0 Å². The molecule has 2 nitrogen and oxygen atoms in total. The average molecular weight is 166 g/mol. The maximum absolute atomic E-state index is 4.48. The molecule has 0 aromatic carbocycles. The topological polar surface area (TPSA) is 28.7 Å². The van der Waals surface area contributed by atoms with Crippen molar-refractivity contribution in [3.05, 3.63) is 17.2 Å². The average Bonchev–Trinajstić information content (AvgIpc) is 2.31. The molecule has 0 radical (unpaired) electrons. The van der Waals surface area contributed by atoms with Crippen LogP contribution in [-0.2, 0) is 0 Å². The summed E-state index contributed by atoms with van der Waals surface area (Å²) in [5, 5.41) is 0. The molecule has 1 rings (SSSR count). The van der Waals surface area contributed by atoms with Gasteiger partial charge < -0.3 is 4.98 Å². The number of H-pyrrole nitrogens is 1. The van der Waals surface area contributed by atoms with Crippen LogP contribution in [0, 0.1) is 6.92 Å². The highest BCUT2D eigenvalue weighted by molar-refractivity contribution is 5.20. The van der Waals surface area contributed by atoms with Gasteiger partial charge in [-0.3, -0.25) is 0 Å². The van der Waals surface area contributed by atoms with E-state index >= 15 is 0 Å². The molecule has 1 heterocycles. The molecule has 0 atom stereocenters. The van der Waals surface area contributed by atoms with Crippen molar-refractivity contribution in [3.8, 4) is 0 Å². The molecule has 12 heavy (non-hydrogen) atoms. The standard InChI is InChI=1S/C10H18N2/c1-6(2)9-10(7(3)4)12-8(5)11-9/h6-7H,1-5H3,(H,11,12). The predicted molar refractivity (Wildman–Crippen MR) is 51.5 cm³/mol. The summed E-state index contributed by atoms with van der Waals surface area (Å²) < 4.78 is 0. The lowest BCUT2D eigenvalue weighted by Gasteiger charge is -2.07. The number of nitrogens with zero attached hydrogens (tertiary/aromatic N) is 1. The van der Waals surface area contributed by atoms with Gasteiger partial charge in [-0.05, 0) is 18.8 Å². The molecule has 0 saturated heterocycles. The van der Waals surface area contributed by atoms with Crippen molar-refractivity contribution in [1.82, 2.24) is 9.97 Å². The molecule has 0 spiro atoms. The minimum absolute atomic E-state index is 0.521. The third-order valence-electron chi connectivity index (χ3n) is 2.00. The molecule has 1 aromatic heterocycles. The van der Waals surface area contributed by atoms with E-state index in [1.165, 1.54) is 11.4 Å². The van der Waals surface area contributed by atoms with Gasteiger partial charge in [0.1, 0.15) is 5.82 Å². The molecule has 0 fully saturated rings. The van der Waals surface area contributed by atoms with Crippen molar-refractivity contribution in [2.24, 2.45) is 0 Å². The van der Waals surface area contributed by atoms with E-state index in [2.05, 4.69) is 37.7 Å². The third kappa shape index (κ3) is 1.68. The van der Waals surface area contributed by atoms with Crippen LogP contribution in [-0.4, -0.2) is 9.97 Å². The summed E-state index contributed by atoms with van der Waals surface area (Å²) in [6.07, 6.45) is 0. The number of aromatic nitrogens is 2. The lowest BCUT2D eigenvalue weighted by atomic mass is 10.0. The monoisotopic (exact) mass is 166 g/mol. The Kier molecular flexibility index (Phi) is 2.55. The highest BCUT2D eigenvalue weighted by atomic mass is 14.9. The Bertz CT molecular complexity index is 233. The van der Waals surface area contributed by atoms with E-state index in [4.69, 9.17) is 0 Å². The van der Waals surface area contributed by atoms with E-state index in [1.54, 1.807) is 0 Å². The van der Waals surface area contributed by atoms with Gasteiger partial charge in [-0.25, -0.2) is 4.98 Å². The Labute approximate surface area is 74.4 Å². The molecule has 1 N–H and O–H groups in total. The van der Waals surface area contributed by atoms with Gasteiger partial charge in [0.05, 0.1) is 5.69 Å². The van der Waals surface area contributed by atoms with E-state index in [1.807, 2.05) is 6.92 Å². The first kappa shape index (κ1) is 9.30. The zero-order valence-electron chi connectivity index (χ0n) is 8.60. The highest BCUT2D eigenvalue weighted by Crippen LogP contribution is 2.23. The van der Waals surface area contributed by atoms with Gasteiger partial charge in [-0.2, -0.15) is 0 Å². The molecule has 0 amide bonds. The van der Waals surface area contributed by atoms with Crippen LogP contribution in [0.2, 0.25) is 0 Å². The van der Waals surface area contributed by atoms with Crippen molar-refractivity contribution in [2.45, 2.75) is 46.5 Å². The van der Waals surface area contributed by atoms with Crippen molar-refractivity contribution in [2.75, 3.05) is 0 Å². The lowest BCUT2D eigenvalue weighted by molar-refractivity contribution is 0.759. The largest absolute Gasteiger partial charge is 0.346 e.